The summed E-state index contributed by atoms with van der Waals surface area (Å²) in [5.74, 6) is 0.934. The summed E-state index contributed by atoms with van der Waals surface area (Å²) in [4.78, 5) is 3.74. The Kier molecular flexibility index (Phi) is 5.84. The Balaban J connectivity index is 1.83. The van der Waals surface area contributed by atoms with E-state index in [4.69, 9.17) is 5.11 Å². The van der Waals surface area contributed by atoms with Crippen LogP contribution in [-0.2, 0) is 6.54 Å². The van der Waals surface area contributed by atoms with Gasteiger partial charge in [0.1, 0.15) is 0 Å². The zero-order valence-corrected chi connectivity index (χ0v) is 17.0. The SMILES string of the molecule is CC(SCCCO)=C1c2ccccc2N(Cc2ccccc2)c2ccccc21. The fourth-order valence-corrected chi connectivity index (χ4v) is 4.74. The smallest absolute Gasteiger partial charge is 0.0494 e. The second kappa shape index (κ2) is 8.68. The summed E-state index contributed by atoms with van der Waals surface area (Å²) in [5.41, 5.74) is 7.69. The number of aliphatic hydroxyl groups is 1. The lowest BCUT2D eigenvalue weighted by Gasteiger charge is -2.35. The predicted octanol–water partition coefficient (Wildman–Crippen LogP) is 6.23. The van der Waals surface area contributed by atoms with Gasteiger partial charge in [0, 0.05) is 41.2 Å². The van der Waals surface area contributed by atoms with Crippen LogP contribution in [0.25, 0.3) is 5.57 Å². The van der Waals surface area contributed by atoms with Crippen molar-refractivity contribution < 1.29 is 5.11 Å². The van der Waals surface area contributed by atoms with E-state index in [0.717, 1.165) is 18.7 Å². The van der Waals surface area contributed by atoms with Gasteiger partial charge in [-0.05, 0) is 41.7 Å². The van der Waals surface area contributed by atoms with Crippen LogP contribution < -0.4 is 4.90 Å². The normalized spacial score (nSPS) is 12.5. The molecule has 142 valence electrons. The molecule has 1 aliphatic rings. The molecule has 1 aliphatic heterocycles. The van der Waals surface area contributed by atoms with Crippen molar-refractivity contribution in [1.29, 1.82) is 0 Å². The van der Waals surface area contributed by atoms with Crippen molar-refractivity contribution in [2.75, 3.05) is 17.3 Å². The molecule has 0 atom stereocenters. The molecule has 4 rings (SSSR count). The molecule has 0 saturated heterocycles. The lowest BCUT2D eigenvalue weighted by Crippen LogP contribution is -2.22. The number of fused-ring (bicyclic) bond motifs is 2. The van der Waals surface area contributed by atoms with Gasteiger partial charge in [0.25, 0.3) is 0 Å². The number of rotatable bonds is 6. The number of nitrogens with zero attached hydrogens (tertiary/aromatic N) is 1. The number of benzene rings is 3. The highest BCUT2D eigenvalue weighted by molar-refractivity contribution is 8.03. The van der Waals surface area contributed by atoms with Crippen LogP contribution >= 0.6 is 11.8 Å². The van der Waals surface area contributed by atoms with Crippen molar-refractivity contribution in [3.05, 3.63) is 100 Å². The van der Waals surface area contributed by atoms with Gasteiger partial charge < -0.3 is 10.0 Å². The Morgan fingerprint density at radius 2 is 1.39 bits per heavy atom. The van der Waals surface area contributed by atoms with Crippen molar-refractivity contribution in [3.63, 3.8) is 0 Å². The van der Waals surface area contributed by atoms with Crippen LogP contribution in [0.3, 0.4) is 0 Å². The van der Waals surface area contributed by atoms with Gasteiger partial charge in [0.2, 0.25) is 0 Å². The minimum Gasteiger partial charge on any atom is -0.396 e. The second-order valence-corrected chi connectivity index (χ2v) is 8.27. The topological polar surface area (TPSA) is 23.5 Å². The van der Waals surface area contributed by atoms with E-state index in [9.17, 15) is 0 Å². The molecule has 0 unspecified atom stereocenters. The van der Waals surface area contributed by atoms with Gasteiger partial charge in [0.15, 0.2) is 0 Å². The van der Waals surface area contributed by atoms with Gasteiger partial charge in [-0.3, -0.25) is 0 Å². The molecule has 1 N–H and O–H groups in total. The van der Waals surface area contributed by atoms with E-state index in [1.165, 1.54) is 38.5 Å². The van der Waals surface area contributed by atoms with Gasteiger partial charge >= 0.3 is 0 Å². The zero-order chi connectivity index (χ0) is 19.3. The number of thioether (sulfide) groups is 1. The minimum atomic E-state index is 0.244. The van der Waals surface area contributed by atoms with Crippen LogP contribution in [0.4, 0.5) is 11.4 Å². The molecule has 1 heterocycles. The summed E-state index contributed by atoms with van der Waals surface area (Å²) in [6, 6.07) is 28.0. The largest absolute Gasteiger partial charge is 0.396 e. The standard InChI is InChI=1S/C25H25NOS/c1-19(28-17-9-16-27)25-21-12-5-7-14-23(21)26(18-20-10-3-2-4-11-20)24-15-8-6-13-22(24)25/h2-8,10-15,27H,9,16-18H2,1H3. The highest BCUT2D eigenvalue weighted by atomic mass is 32.2. The van der Waals surface area contributed by atoms with E-state index >= 15 is 0 Å². The van der Waals surface area contributed by atoms with Crippen molar-refractivity contribution in [2.45, 2.75) is 19.9 Å². The first kappa shape index (κ1) is 18.9. The number of hydrogen-bond donors (Lipinski definition) is 1. The van der Waals surface area contributed by atoms with E-state index in [1.54, 1.807) is 0 Å². The fourth-order valence-electron chi connectivity index (χ4n) is 3.79. The molecular weight excluding hydrogens is 362 g/mol. The minimum absolute atomic E-state index is 0.244. The van der Waals surface area contributed by atoms with E-state index in [-0.39, 0.29) is 6.61 Å². The van der Waals surface area contributed by atoms with Crippen molar-refractivity contribution in [1.82, 2.24) is 0 Å². The van der Waals surface area contributed by atoms with E-state index < -0.39 is 0 Å². The number of anilines is 2. The second-order valence-electron chi connectivity index (χ2n) is 6.96. The van der Waals surface area contributed by atoms with Crippen molar-refractivity contribution >= 4 is 28.7 Å². The molecular formula is C25H25NOS. The van der Waals surface area contributed by atoms with Crippen LogP contribution in [0.2, 0.25) is 0 Å². The summed E-state index contributed by atoms with van der Waals surface area (Å²) in [6.07, 6.45) is 0.818. The maximum absolute atomic E-state index is 9.14. The molecule has 28 heavy (non-hydrogen) atoms. The first-order valence-electron chi connectivity index (χ1n) is 9.74. The lowest BCUT2D eigenvalue weighted by atomic mass is 9.89. The fraction of sp³-hybridized carbons (Fsp3) is 0.200. The van der Waals surface area contributed by atoms with Gasteiger partial charge in [-0.1, -0.05) is 66.7 Å². The average molecular weight is 388 g/mol. The molecule has 3 aromatic carbocycles. The molecule has 3 aromatic rings. The third-order valence-corrected chi connectivity index (χ3v) is 6.21. The first-order chi connectivity index (χ1) is 13.8. The Bertz CT molecular complexity index is 931. The summed E-state index contributed by atoms with van der Waals surface area (Å²) >= 11 is 1.84. The molecule has 0 fully saturated rings. The molecule has 3 heteroatoms. The summed E-state index contributed by atoms with van der Waals surface area (Å²) in [7, 11) is 0. The zero-order valence-electron chi connectivity index (χ0n) is 16.1. The lowest BCUT2D eigenvalue weighted by molar-refractivity contribution is 0.296. The summed E-state index contributed by atoms with van der Waals surface area (Å²) in [5, 5.41) is 9.14. The number of aliphatic hydroxyl groups excluding tert-OH is 1. The third kappa shape index (κ3) is 3.73. The summed E-state index contributed by atoms with van der Waals surface area (Å²) in [6.45, 7) is 3.30. The first-order valence-corrected chi connectivity index (χ1v) is 10.7. The molecule has 0 spiro atoms. The number of para-hydroxylation sites is 2. The Morgan fingerprint density at radius 1 is 0.821 bits per heavy atom. The van der Waals surface area contributed by atoms with Crippen LogP contribution in [0.5, 0.6) is 0 Å². The predicted molar refractivity (Wildman–Crippen MR) is 121 cm³/mol. The van der Waals surface area contributed by atoms with Gasteiger partial charge in [-0.2, -0.15) is 0 Å². The van der Waals surface area contributed by atoms with Crippen molar-refractivity contribution in [3.8, 4) is 0 Å². The van der Waals surface area contributed by atoms with E-state index in [2.05, 4.69) is 90.7 Å². The Hall–Kier alpha value is -2.49. The van der Waals surface area contributed by atoms with Crippen LogP contribution in [0.15, 0.2) is 83.8 Å². The van der Waals surface area contributed by atoms with Gasteiger partial charge in [-0.15, -0.1) is 11.8 Å². The molecule has 0 aromatic heterocycles. The number of allylic oxidation sites excluding steroid dienone is 1. The van der Waals surface area contributed by atoms with Crippen LogP contribution in [0, 0.1) is 0 Å². The molecule has 2 nitrogen and oxygen atoms in total. The molecule has 0 saturated carbocycles. The van der Waals surface area contributed by atoms with Crippen LogP contribution in [0.1, 0.15) is 30.0 Å². The molecule has 0 bridgehead atoms. The Labute approximate surface area is 171 Å². The monoisotopic (exact) mass is 387 g/mol. The number of hydrogen-bond acceptors (Lipinski definition) is 3. The van der Waals surface area contributed by atoms with Gasteiger partial charge in [0.05, 0.1) is 0 Å². The van der Waals surface area contributed by atoms with E-state index in [1.807, 2.05) is 11.8 Å². The molecule has 0 radical (unpaired) electrons. The average Bonchev–Trinajstić information content (AvgIpc) is 2.74. The Morgan fingerprint density at radius 3 is 2.00 bits per heavy atom. The highest BCUT2D eigenvalue weighted by Crippen LogP contribution is 2.48. The highest BCUT2D eigenvalue weighted by Gasteiger charge is 2.27. The van der Waals surface area contributed by atoms with Crippen molar-refractivity contribution in [2.24, 2.45) is 0 Å². The molecule has 0 amide bonds. The third-order valence-electron chi connectivity index (χ3n) is 5.08. The molecule has 0 aliphatic carbocycles. The van der Waals surface area contributed by atoms with E-state index in [0.29, 0.717) is 0 Å². The maximum atomic E-state index is 9.14. The summed E-state index contributed by atoms with van der Waals surface area (Å²) < 4.78 is 0. The van der Waals surface area contributed by atoms with Crippen LogP contribution in [-0.4, -0.2) is 17.5 Å². The van der Waals surface area contributed by atoms with Gasteiger partial charge in [-0.25, -0.2) is 0 Å². The maximum Gasteiger partial charge on any atom is 0.0494 e. The quantitative estimate of drug-likeness (QED) is 0.507.